The van der Waals surface area contributed by atoms with Crippen LogP contribution in [0.3, 0.4) is 0 Å². The van der Waals surface area contributed by atoms with Gasteiger partial charge in [0.25, 0.3) is 0 Å². The van der Waals surface area contributed by atoms with Gasteiger partial charge in [0.15, 0.2) is 0 Å². The van der Waals surface area contributed by atoms with Crippen molar-refractivity contribution < 1.29 is 4.79 Å². The summed E-state index contributed by atoms with van der Waals surface area (Å²) in [4.78, 5) is 14.7. The summed E-state index contributed by atoms with van der Waals surface area (Å²) in [6, 6.07) is 18.0. The SMILES string of the molecule is CC1(CN)CCN(CC(=O)Nc2ccccc2-c2ccccc2)C1.Cl. The summed E-state index contributed by atoms with van der Waals surface area (Å²) in [7, 11) is 0. The Kier molecular flexibility index (Phi) is 6.59. The summed E-state index contributed by atoms with van der Waals surface area (Å²) in [5.74, 6) is 0.0275. The number of carbonyl (C=O) groups excluding carboxylic acids is 1. The maximum Gasteiger partial charge on any atom is 0.238 e. The molecule has 1 fully saturated rings. The average molecular weight is 360 g/mol. The number of amides is 1. The van der Waals surface area contributed by atoms with Crippen molar-refractivity contribution in [1.82, 2.24) is 4.90 Å². The Labute approximate surface area is 155 Å². The van der Waals surface area contributed by atoms with E-state index in [9.17, 15) is 4.79 Å². The Morgan fingerprint density at radius 1 is 1.16 bits per heavy atom. The third-order valence-corrected chi connectivity index (χ3v) is 4.78. The molecule has 2 aromatic rings. The molecule has 1 heterocycles. The second-order valence-electron chi connectivity index (χ2n) is 6.94. The molecule has 5 heteroatoms. The number of likely N-dealkylation sites (tertiary alicyclic amines) is 1. The van der Waals surface area contributed by atoms with Crippen molar-refractivity contribution in [2.24, 2.45) is 11.1 Å². The van der Waals surface area contributed by atoms with E-state index in [0.717, 1.165) is 36.3 Å². The lowest BCUT2D eigenvalue weighted by Gasteiger charge is -2.22. The lowest BCUT2D eigenvalue weighted by atomic mass is 9.90. The van der Waals surface area contributed by atoms with Crippen LogP contribution in [0.2, 0.25) is 0 Å². The number of hydrogen-bond acceptors (Lipinski definition) is 3. The van der Waals surface area contributed by atoms with E-state index in [2.05, 4.69) is 29.3 Å². The number of benzene rings is 2. The highest BCUT2D eigenvalue weighted by Gasteiger charge is 2.33. The van der Waals surface area contributed by atoms with Gasteiger partial charge in [0.1, 0.15) is 0 Å². The summed E-state index contributed by atoms with van der Waals surface area (Å²) in [6.07, 6.45) is 1.05. The minimum Gasteiger partial charge on any atom is -0.330 e. The molecule has 1 aliphatic rings. The van der Waals surface area contributed by atoms with Crippen LogP contribution in [0.1, 0.15) is 13.3 Å². The number of anilines is 1. The van der Waals surface area contributed by atoms with Gasteiger partial charge in [0.05, 0.1) is 6.54 Å². The molecular weight excluding hydrogens is 334 g/mol. The predicted octanol–water partition coefficient (Wildman–Crippen LogP) is 3.38. The molecule has 0 bridgehead atoms. The molecule has 1 unspecified atom stereocenters. The van der Waals surface area contributed by atoms with Crippen LogP contribution in [0.25, 0.3) is 11.1 Å². The van der Waals surface area contributed by atoms with E-state index < -0.39 is 0 Å². The summed E-state index contributed by atoms with van der Waals surface area (Å²) < 4.78 is 0. The fourth-order valence-electron chi connectivity index (χ4n) is 3.28. The summed E-state index contributed by atoms with van der Waals surface area (Å²) in [5.41, 5.74) is 8.98. The van der Waals surface area contributed by atoms with Crippen molar-refractivity contribution >= 4 is 24.0 Å². The van der Waals surface area contributed by atoms with Gasteiger partial charge in [0.2, 0.25) is 5.91 Å². The van der Waals surface area contributed by atoms with Crippen LogP contribution in [-0.2, 0) is 4.79 Å². The Bertz CT molecular complexity index is 707. The van der Waals surface area contributed by atoms with Crippen LogP contribution in [-0.4, -0.2) is 37.0 Å². The quantitative estimate of drug-likeness (QED) is 0.860. The Hall–Kier alpha value is -1.88. The zero-order valence-corrected chi connectivity index (χ0v) is 15.4. The third kappa shape index (κ3) is 4.82. The van der Waals surface area contributed by atoms with Crippen molar-refractivity contribution in [2.75, 3.05) is 31.5 Å². The monoisotopic (exact) mass is 359 g/mol. The average Bonchev–Trinajstić information content (AvgIpc) is 2.97. The van der Waals surface area contributed by atoms with Crippen LogP contribution in [0.15, 0.2) is 54.6 Å². The maximum atomic E-state index is 12.5. The molecule has 4 nitrogen and oxygen atoms in total. The number of hydrogen-bond donors (Lipinski definition) is 2. The highest BCUT2D eigenvalue weighted by molar-refractivity contribution is 5.96. The molecule has 25 heavy (non-hydrogen) atoms. The highest BCUT2D eigenvalue weighted by Crippen LogP contribution is 2.29. The van der Waals surface area contributed by atoms with Gasteiger partial charge >= 0.3 is 0 Å². The minimum atomic E-state index is 0. The van der Waals surface area contributed by atoms with E-state index in [4.69, 9.17) is 5.73 Å². The zero-order chi connectivity index (χ0) is 17.0. The van der Waals surface area contributed by atoms with E-state index in [-0.39, 0.29) is 23.7 Å². The number of nitrogens with one attached hydrogen (secondary N) is 1. The Morgan fingerprint density at radius 3 is 2.52 bits per heavy atom. The Morgan fingerprint density at radius 2 is 1.84 bits per heavy atom. The standard InChI is InChI=1S/C20H25N3O.ClH/c1-20(14-21)11-12-23(15-20)13-19(24)22-18-10-6-5-9-17(18)16-7-3-2-4-8-16;/h2-10H,11-15,21H2,1H3,(H,22,24);1H. The first-order chi connectivity index (χ1) is 11.6. The molecule has 0 aromatic heterocycles. The Balaban J connectivity index is 0.00000225. The van der Waals surface area contributed by atoms with Gasteiger partial charge in [-0.1, -0.05) is 55.5 Å². The molecule has 1 saturated heterocycles. The van der Waals surface area contributed by atoms with Crippen LogP contribution in [0.5, 0.6) is 0 Å². The zero-order valence-electron chi connectivity index (χ0n) is 14.6. The number of nitrogens with two attached hydrogens (primary N) is 1. The molecule has 2 aromatic carbocycles. The van der Waals surface area contributed by atoms with E-state index in [1.54, 1.807) is 0 Å². The second kappa shape index (κ2) is 8.48. The molecule has 3 rings (SSSR count). The van der Waals surface area contributed by atoms with Crippen LogP contribution in [0.4, 0.5) is 5.69 Å². The van der Waals surface area contributed by atoms with Crippen molar-refractivity contribution in [2.45, 2.75) is 13.3 Å². The normalized spacial score (nSPS) is 20.1. The maximum absolute atomic E-state index is 12.5. The molecule has 0 saturated carbocycles. The first-order valence-corrected chi connectivity index (χ1v) is 8.46. The van der Waals surface area contributed by atoms with Crippen molar-refractivity contribution in [3.8, 4) is 11.1 Å². The third-order valence-electron chi connectivity index (χ3n) is 4.78. The second-order valence-corrected chi connectivity index (χ2v) is 6.94. The fraction of sp³-hybridized carbons (Fsp3) is 0.350. The van der Waals surface area contributed by atoms with E-state index >= 15 is 0 Å². The number of para-hydroxylation sites is 1. The van der Waals surface area contributed by atoms with Crippen LogP contribution in [0, 0.1) is 5.41 Å². The predicted molar refractivity (Wildman–Crippen MR) is 106 cm³/mol. The molecule has 0 aliphatic carbocycles. The van der Waals surface area contributed by atoms with Crippen LogP contribution < -0.4 is 11.1 Å². The fourth-order valence-corrected chi connectivity index (χ4v) is 3.28. The van der Waals surface area contributed by atoms with Gasteiger partial charge in [-0.3, -0.25) is 9.69 Å². The summed E-state index contributed by atoms with van der Waals surface area (Å²) in [5, 5.41) is 3.07. The molecule has 1 aliphatic heterocycles. The van der Waals surface area contributed by atoms with Crippen molar-refractivity contribution in [3.63, 3.8) is 0 Å². The number of carbonyl (C=O) groups is 1. The molecule has 0 spiro atoms. The summed E-state index contributed by atoms with van der Waals surface area (Å²) >= 11 is 0. The molecular formula is C20H26ClN3O. The minimum absolute atomic E-state index is 0. The topological polar surface area (TPSA) is 58.4 Å². The largest absolute Gasteiger partial charge is 0.330 e. The lowest BCUT2D eigenvalue weighted by Crippen LogP contribution is -2.35. The molecule has 3 N–H and O–H groups in total. The molecule has 0 radical (unpaired) electrons. The number of halogens is 1. The first kappa shape index (κ1) is 19.4. The van der Waals surface area contributed by atoms with Gasteiger partial charge in [-0.2, -0.15) is 0 Å². The highest BCUT2D eigenvalue weighted by atomic mass is 35.5. The van der Waals surface area contributed by atoms with Crippen molar-refractivity contribution in [3.05, 3.63) is 54.6 Å². The smallest absolute Gasteiger partial charge is 0.238 e. The number of nitrogens with zero attached hydrogens (tertiary/aromatic N) is 1. The van der Waals surface area contributed by atoms with Gasteiger partial charge < -0.3 is 11.1 Å². The first-order valence-electron chi connectivity index (χ1n) is 8.46. The van der Waals surface area contributed by atoms with E-state index in [1.807, 2.05) is 42.5 Å². The number of rotatable bonds is 5. The lowest BCUT2D eigenvalue weighted by molar-refractivity contribution is -0.117. The molecule has 134 valence electrons. The van der Waals surface area contributed by atoms with Gasteiger partial charge in [-0.05, 0) is 36.6 Å². The van der Waals surface area contributed by atoms with Crippen LogP contribution >= 0.6 is 12.4 Å². The van der Waals surface area contributed by atoms with Gasteiger partial charge in [-0.15, -0.1) is 12.4 Å². The van der Waals surface area contributed by atoms with Crippen molar-refractivity contribution in [1.29, 1.82) is 0 Å². The van der Waals surface area contributed by atoms with Gasteiger partial charge in [0, 0.05) is 17.8 Å². The van der Waals surface area contributed by atoms with Gasteiger partial charge in [-0.25, -0.2) is 0 Å². The molecule has 1 atom stereocenters. The van der Waals surface area contributed by atoms with E-state index in [1.165, 1.54) is 0 Å². The van der Waals surface area contributed by atoms with E-state index in [0.29, 0.717) is 13.1 Å². The summed E-state index contributed by atoms with van der Waals surface area (Å²) in [6.45, 7) is 5.09. The molecule has 1 amide bonds.